The van der Waals surface area contributed by atoms with Crippen molar-refractivity contribution < 1.29 is 5.11 Å². The summed E-state index contributed by atoms with van der Waals surface area (Å²) in [6.07, 6.45) is 1.57. The zero-order valence-corrected chi connectivity index (χ0v) is 8.11. The smallest absolute Gasteiger partial charge is 0.0736 e. The Morgan fingerprint density at radius 1 is 1.36 bits per heavy atom. The fourth-order valence-electron chi connectivity index (χ4n) is 1.98. The maximum Gasteiger partial charge on any atom is 0.0736 e. The molecule has 1 fully saturated rings. The molecule has 0 aromatic heterocycles. The van der Waals surface area contributed by atoms with Crippen molar-refractivity contribution in [3.05, 3.63) is 29.8 Å². The van der Waals surface area contributed by atoms with E-state index in [2.05, 4.69) is 5.32 Å². The van der Waals surface area contributed by atoms with Crippen LogP contribution < -0.4 is 11.1 Å². The highest BCUT2D eigenvalue weighted by Gasteiger charge is 2.25. The number of anilines is 1. The molecule has 0 spiro atoms. The van der Waals surface area contributed by atoms with Crippen LogP contribution in [0.2, 0.25) is 0 Å². The van der Waals surface area contributed by atoms with Gasteiger partial charge in [0, 0.05) is 5.69 Å². The fraction of sp³-hybridized carbons (Fsp3) is 0.455. The molecule has 4 N–H and O–H groups in total. The van der Waals surface area contributed by atoms with Gasteiger partial charge in [-0.25, -0.2) is 0 Å². The van der Waals surface area contributed by atoms with Crippen molar-refractivity contribution in [2.75, 3.05) is 12.3 Å². The van der Waals surface area contributed by atoms with E-state index in [9.17, 15) is 5.11 Å². The summed E-state index contributed by atoms with van der Waals surface area (Å²) in [5.74, 6) is 0. The molecule has 2 rings (SSSR count). The lowest BCUT2D eigenvalue weighted by molar-refractivity contribution is 0.0968. The zero-order chi connectivity index (χ0) is 9.97. The average Bonchev–Trinajstić information content (AvgIpc) is 2.20. The molecule has 3 heteroatoms. The summed E-state index contributed by atoms with van der Waals surface area (Å²) in [6, 6.07) is 7.72. The number of hydrogen-bond donors (Lipinski definition) is 3. The van der Waals surface area contributed by atoms with Crippen LogP contribution in [0, 0.1) is 0 Å². The molecule has 14 heavy (non-hydrogen) atoms. The number of hydrogen-bond acceptors (Lipinski definition) is 3. The first kappa shape index (κ1) is 9.49. The van der Waals surface area contributed by atoms with Crippen molar-refractivity contribution in [1.29, 1.82) is 0 Å². The number of benzene rings is 1. The molecule has 1 aromatic rings. The number of nitrogens with two attached hydrogens (primary N) is 1. The summed E-state index contributed by atoms with van der Waals surface area (Å²) < 4.78 is 0. The first-order chi connectivity index (χ1) is 6.79. The second kappa shape index (κ2) is 3.98. The monoisotopic (exact) mass is 192 g/mol. The van der Waals surface area contributed by atoms with E-state index in [0.717, 1.165) is 30.6 Å². The minimum Gasteiger partial charge on any atom is -0.398 e. The van der Waals surface area contributed by atoms with E-state index in [1.807, 2.05) is 24.3 Å². The molecule has 1 aliphatic heterocycles. The summed E-state index contributed by atoms with van der Waals surface area (Å²) in [4.78, 5) is 0. The molecule has 2 unspecified atom stereocenters. The maximum atomic E-state index is 9.83. The van der Waals surface area contributed by atoms with Gasteiger partial charge in [0.1, 0.15) is 0 Å². The van der Waals surface area contributed by atoms with Gasteiger partial charge in [-0.05, 0) is 31.0 Å². The van der Waals surface area contributed by atoms with Gasteiger partial charge in [-0.1, -0.05) is 18.2 Å². The minimum atomic E-state index is -0.312. The van der Waals surface area contributed by atoms with E-state index in [-0.39, 0.29) is 12.1 Å². The summed E-state index contributed by atoms with van der Waals surface area (Å²) in [5.41, 5.74) is 7.63. The molecule has 0 amide bonds. The third-order valence-corrected chi connectivity index (χ3v) is 2.76. The van der Waals surface area contributed by atoms with Gasteiger partial charge in [0.25, 0.3) is 0 Å². The highest BCUT2D eigenvalue weighted by molar-refractivity contribution is 5.48. The Bertz CT molecular complexity index is 314. The first-order valence-electron chi connectivity index (χ1n) is 5.05. The van der Waals surface area contributed by atoms with Gasteiger partial charge >= 0.3 is 0 Å². The number of para-hydroxylation sites is 1. The Balaban J connectivity index is 2.25. The lowest BCUT2D eigenvalue weighted by atomic mass is 9.94. The van der Waals surface area contributed by atoms with Crippen molar-refractivity contribution >= 4 is 5.69 Å². The highest BCUT2D eigenvalue weighted by atomic mass is 16.3. The third kappa shape index (κ3) is 1.74. The lowest BCUT2D eigenvalue weighted by Crippen LogP contribution is -2.37. The van der Waals surface area contributed by atoms with Gasteiger partial charge in [0.15, 0.2) is 0 Å². The Labute approximate surface area is 83.9 Å². The van der Waals surface area contributed by atoms with Gasteiger partial charge in [-0.3, -0.25) is 0 Å². The predicted octanol–water partition coefficient (Wildman–Crippen LogP) is 1.05. The SMILES string of the molecule is Nc1ccccc1C1NCCCC1O. The van der Waals surface area contributed by atoms with Crippen LogP contribution in [0.5, 0.6) is 0 Å². The summed E-state index contributed by atoms with van der Waals surface area (Å²) >= 11 is 0. The number of aliphatic hydroxyl groups is 1. The molecule has 1 saturated heterocycles. The average molecular weight is 192 g/mol. The van der Waals surface area contributed by atoms with Crippen LogP contribution in [0.25, 0.3) is 0 Å². The molecular weight excluding hydrogens is 176 g/mol. The number of rotatable bonds is 1. The van der Waals surface area contributed by atoms with Crippen molar-refractivity contribution in [2.45, 2.75) is 25.0 Å². The molecule has 1 heterocycles. The van der Waals surface area contributed by atoms with E-state index >= 15 is 0 Å². The normalized spacial score (nSPS) is 27.5. The fourth-order valence-corrected chi connectivity index (χ4v) is 1.98. The third-order valence-electron chi connectivity index (χ3n) is 2.76. The molecule has 1 aromatic carbocycles. The number of nitrogens with one attached hydrogen (secondary N) is 1. The molecule has 0 bridgehead atoms. The van der Waals surface area contributed by atoms with Gasteiger partial charge in [-0.15, -0.1) is 0 Å². The predicted molar refractivity (Wildman–Crippen MR) is 56.8 cm³/mol. The molecule has 0 saturated carbocycles. The maximum absolute atomic E-state index is 9.83. The Morgan fingerprint density at radius 3 is 2.86 bits per heavy atom. The number of piperidine rings is 1. The molecule has 2 atom stereocenters. The zero-order valence-electron chi connectivity index (χ0n) is 8.11. The van der Waals surface area contributed by atoms with Crippen LogP contribution in [0.3, 0.4) is 0 Å². The first-order valence-corrected chi connectivity index (χ1v) is 5.05. The van der Waals surface area contributed by atoms with Crippen LogP contribution >= 0.6 is 0 Å². The Hall–Kier alpha value is -1.06. The van der Waals surface area contributed by atoms with E-state index in [0.29, 0.717) is 0 Å². The van der Waals surface area contributed by atoms with E-state index in [1.165, 1.54) is 0 Å². The van der Waals surface area contributed by atoms with Crippen LogP contribution in [0.4, 0.5) is 5.69 Å². The van der Waals surface area contributed by atoms with Crippen LogP contribution in [-0.2, 0) is 0 Å². The van der Waals surface area contributed by atoms with Crippen molar-refractivity contribution in [2.24, 2.45) is 0 Å². The van der Waals surface area contributed by atoms with Gasteiger partial charge in [0.2, 0.25) is 0 Å². The second-order valence-electron chi connectivity index (χ2n) is 3.77. The number of aliphatic hydroxyl groups excluding tert-OH is 1. The highest BCUT2D eigenvalue weighted by Crippen LogP contribution is 2.27. The van der Waals surface area contributed by atoms with Crippen molar-refractivity contribution in [3.63, 3.8) is 0 Å². The summed E-state index contributed by atoms with van der Waals surface area (Å²) in [5, 5.41) is 13.1. The second-order valence-corrected chi connectivity index (χ2v) is 3.77. The molecular formula is C11H16N2O. The van der Waals surface area contributed by atoms with Crippen LogP contribution in [0.15, 0.2) is 24.3 Å². The van der Waals surface area contributed by atoms with Crippen LogP contribution in [-0.4, -0.2) is 17.8 Å². The molecule has 0 radical (unpaired) electrons. The van der Waals surface area contributed by atoms with Gasteiger partial charge < -0.3 is 16.2 Å². The van der Waals surface area contributed by atoms with E-state index < -0.39 is 0 Å². The number of nitrogen functional groups attached to an aromatic ring is 1. The molecule has 3 nitrogen and oxygen atoms in total. The summed E-state index contributed by atoms with van der Waals surface area (Å²) in [7, 11) is 0. The van der Waals surface area contributed by atoms with E-state index in [4.69, 9.17) is 5.73 Å². The molecule has 1 aliphatic rings. The molecule has 0 aliphatic carbocycles. The van der Waals surface area contributed by atoms with Crippen LogP contribution in [0.1, 0.15) is 24.4 Å². The van der Waals surface area contributed by atoms with Gasteiger partial charge in [0.05, 0.1) is 12.1 Å². The van der Waals surface area contributed by atoms with Crippen molar-refractivity contribution in [3.8, 4) is 0 Å². The quantitative estimate of drug-likeness (QED) is 0.583. The standard InChI is InChI=1S/C11H16N2O/c12-9-5-2-1-4-8(9)11-10(14)6-3-7-13-11/h1-2,4-5,10-11,13-14H,3,6-7,12H2. The summed E-state index contributed by atoms with van der Waals surface area (Å²) in [6.45, 7) is 0.954. The minimum absolute atomic E-state index is 0.00458. The Morgan fingerprint density at radius 2 is 2.14 bits per heavy atom. The van der Waals surface area contributed by atoms with E-state index in [1.54, 1.807) is 0 Å². The lowest BCUT2D eigenvalue weighted by Gasteiger charge is -2.30. The Kier molecular flexibility index (Phi) is 2.70. The topological polar surface area (TPSA) is 58.3 Å². The van der Waals surface area contributed by atoms with Gasteiger partial charge in [-0.2, -0.15) is 0 Å². The largest absolute Gasteiger partial charge is 0.398 e. The van der Waals surface area contributed by atoms with Crippen molar-refractivity contribution in [1.82, 2.24) is 5.32 Å². The molecule has 76 valence electrons.